The van der Waals surface area contributed by atoms with Crippen LogP contribution < -0.4 is 0 Å². The summed E-state index contributed by atoms with van der Waals surface area (Å²) in [6.07, 6.45) is 1.42. The molecule has 0 aromatic carbocycles. The molecule has 0 bridgehead atoms. The number of hydrogen-bond donors (Lipinski definition) is 1. The number of amides is 1. The van der Waals surface area contributed by atoms with E-state index in [4.69, 9.17) is 0 Å². The first-order valence-corrected chi connectivity index (χ1v) is 6.72. The zero-order chi connectivity index (χ0) is 14.6. The molecule has 1 unspecified atom stereocenters. The van der Waals surface area contributed by atoms with Gasteiger partial charge in [0.2, 0.25) is 5.91 Å². The van der Waals surface area contributed by atoms with Crippen molar-refractivity contribution in [2.45, 2.75) is 39.2 Å². The second-order valence-electron chi connectivity index (χ2n) is 5.47. The van der Waals surface area contributed by atoms with E-state index in [2.05, 4.69) is 6.58 Å². The van der Waals surface area contributed by atoms with E-state index < -0.39 is 11.5 Å². The Hall–Kier alpha value is -1.36. The highest BCUT2D eigenvalue weighted by Gasteiger charge is 2.44. The Morgan fingerprint density at radius 1 is 1.47 bits per heavy atom. The van der Waals surface area contributed by atoms with Crippen LogP contribution in [0, 0.1) is 0 Å². The van der Waals surface area contributed by atoms with Gasteiger partial charge in [0.05, 0.1) is 6.54 Å². The summed E-state index contributed by atoms with van der Waals surface area (Å²) in [7, 11) is 0. The summed E-state index contributed by atoms with van der Waals surface area (Å²) >= 11 is 0. The molecule has 5 nitrogen and oxygen atoms in total. The zero-order valence-corrected chi connectivity index (χ0v) is 12.1. The van der Waals surface area contributed by atoms with Crippen molar-refractivity contribution in [3.63, 3.8) is 0 Å². The second kappa shape index (κ2) is 6.19. The van der Waals surface area contributed by atoms with Gasteiger partial charge in [-0.25, -0.2) is 0 Å². The molecule has 1 atom stereocenters. The molecular weight excluding hydrogens is 244 g/mol. The van der Waals surface area contributed by atoms with Crippen LogP contribution in [0.15, 0.2) is 12.2 Å². The number of carbonyl (C=O) groups is 2. The minimum atomic E-state index is -0.904. The van der Waals surface area contributed by atoms with E-state index in [9.17, 15) is 14.7 Å². The highest BCUT2D eigenvalue weighted by atomic mass is 16.4. The summed E-state index contributed by atoms with van der Waals surface area (Å²) in [5.41, 5.74) is 0.0239. The van der Waals surface area contributed by atoms with Crippen LogP contribution in [-0.4, -0.2) is 58.5 Å². The molecule has 1 heterocycles. The third kappa shape index (κ3) is 3.56. The number of carbonyl (C=O) groups excluding carboxylic acids is 1. The predicted molar refractivity (Wildman–Crippen MR) is 73.9 cm³/mol. The number of rotatable bonds is 6. The van der Waals surface area contributed by atoms with Gasteiger partial charge in [0.15, 0.2) is 0 Å². The lowest BCUT2D eigenvalue weighted by molar-refractivity contribution is -0.150. The number of carboxylic acid groups (broad SMARTS) is 1. The smallest absolute Gasteiger partial charge is 0.323 e. The first kappa shape index (κ1) is 15.7. The Bertz CT molecular complexity index is 381. The molecule has 1 amide bonds. The maximum atomic E-state index is 12.2. The van der Waals surface area contributed by atoms with Crippen LogP contribution in [-0.2, 0) is 9.59 Å². The van der Waals surface area contributed by atoms with E-state index in [-0.39, 0.29) is 12.5 Å². The summed E-state index contributed by atoms with van der Waals surface area (Å²) in [6.45, 7) is 11.3. The van der Waals surface area contributed by atoms with Crippen molar-refractivity contribution in [2.24, 2.45) is 0 Å². The number of likely N-dealkylation sites (N-methyl/N-ethyl adjacent to an activating group) is 1. The van der Waals surface area contributed by atoms with Crippen molar-refractivity contribution in [3.8, 4) is 0 Å². The van der Waals surface area contributed by atoms with E-state index in [1.54, 1.807) is 16.7 Å². The highest BCUT2D eigenvalue weighted by Crippen LogP contribution is 2.28. The maximum Gasteiger partial charge on any atom is 0.323 e. The van der Waals surface area contributed by atoms with Crippen molar-refractivity contribution < 1.29 is 14.7 Å². The number of aliphatic carboxylic acids is 1. The minimum absolute atomic E-state index is 0.0279. The first-order valence-electron chi connectivity index (χ1n) is 6.72. The molecule has 19 heavy (non-hydrogen) atoms. The van der Waals surface area contributed by atoms with Gasteiger partial charge in [-0.15, -0.1) is 0 Å². The van der Waals surface area contributed by atoms with Crippen molar-refractivity contribution >= 4 is 11.9 Å². The number of likely N-dealkylation sites (tertiary alicyclic amines) is 1. The molecule has 1 aliphatic rings. The van der Waals surface area contributed by atoms with Gasteiger partial charge < -0.3 is 10.0 Å². The summed E-state index contributed by atoms with van der Waals surface area (Å²) in [5.74, 6) is -0.874. The molecular formula is C14H24N2O3. The van der Waals surface area contributed by atoms with Crippen LogP contribution >= 0.6 is 0 Å². The summed E-state index contributed by atoms with van der Waals surface area (Å²) in [5, 5.41) is 9.32. The molecule has 0 saturated carbocycles. The minimum Gasteiger partial charge on any atom is -0.480 e. The van der Waals surface area contributed by atoms with E-state index in [0.717, 1.165) is 12.0 Å². The van der Waals surface area contributed by atoms with Crippen molar-refractivity contribution in [3.05, 3.63) is 12.2 Å². The summed E-state index contributed by atoms with van der Waals surface area (Å²) in [4.78, 5) is 27.1. The Labute approximate surface area is 114 Å². The van der Waals surface area contributed by atoms with E-state index in [0.29, 0.717) is 26.1 Å². The standard InChI is InChI=1S/C14H24N2O3/c1-5-15(9-11(2)3)12(17)10-16-8-6-7-14(16,4)13(18)19/h2,5-10H2,1,3-4H3,(H,18,19). The molecule has 0 aromatic rings. The van der Waals surface area contributed by atoms with Crippen LogP contribution in [0.25, 0.3) is 0 Å². The van der Waals surface area contributed by atoms with Crippen LogP contribution in [0.1, 0.15) is 33.6 Å². The van der Waals surface area contributed by atoms with Crippen LogP contribution in [0.4, 0.5) is 0 Å². The quantitative estimate of drug-likeness (QED) is 0.739. The van der Waals surface area contributed by atoms with Gasteiger partial charge in [-0.3, -0.25) is 14.5 Å². The van der Waals surface area contributed by atoms with E-state index in [1.165, 1.54) is 0 Å². The van der Waals surface area contributed by atoms with Gasteiger partial charge in [-0.1, -0.05) is 12.2 Å². The summed E-state index contributed by atoms with van der Waals surface area (Å²) < 4.78 is 0. The van der Waals surface area contributed by atoms with Gasteiger partial charge in [-0.2, -0.15) is 0 Å². The Balaban J connectivity index is 2.70. The number of carboxylic acids is 1. The summed E-state index contributed by atoms with van der Waals surface area (Å²) in [6, 6.07) is 0. The van der Waals surface area contributed by atoms with E-state index >= 15 is 0 Å². The van der Waals surface area contributed by atoms with Gasteiger partial charge in [0.25, 0.3) is 0 Å². The lowest BCUT2D eigenvalue weighted by Crippen LogP contribution is -2.52. The molecule has 1 fully saturated rings. The highest BCUT2D eigenvalue weighted by molar-refractivity contribution is 5.82. The molecule has 1 saturated heterocycles. The van der Waals surface area contributed by atoms with Crippen LogP contribution in [0.5, 0.6) is 0 Å². The third-order valence-corrected chi connectivity index (χ3v) is 3.77. The Kier molecular flexibility index (Phi) is 5.11. The van der Waals surface area contributed by atoms with Gasteiger partial charge >= 0.3 is 5.97 Å². The fourth-order valence-electron chi connectivity index (χ4n) is 2.48. The Morgan fingerprint density at radius 2 is 2.11 bits per heavy atom. The average Bonchev–Trinajstić information content (AvgIpc) is 2.69. The van der Waals surface area contributed by atoms with Crippen molar-refractivity contribution in [1.29, 1.82) is 0 Å². The average molecular weight is 268 g/mol. The Morgan fingerprint density at radius 3 is 2.58 bits per heavy atom. The molecule has 0 spiro atoms. The maximum absolute atomic E-state index is 12.2. The monoisotopic (exact) mass is 268 g/mol. The topological polar surface area (TPSA) is 60.9 Å². The van der Waals surface area contributed by atoms with Gasteiger partial charge in [0.1, 0.15) is 5.54 Å². The molecule has 0 aromatic heterocycles. The van der Waals surface area contributed by atoms with E-state index in [1.807, 2.05) is 13.8 Å². The normalized spacial score (nSPS) is 23.3. The second-order valence-corrected chi connectivity index (χ2v) is 5.47. The van der Waals surface area contributed by atoms with Gasteiger partial charge in [-0.05, 0) is 40.2 Å². The van der Waals surface area contributed by atoms with Crippen LogP contribution in [0.3, 0.4) is 0 Å². The molecule has 0 radical (unpaired) electrons. The molecule has 5 heteroatoms. The molecule has 1 N–H and O–H groups in total. The fraction of sp³-hybridized carbons (Fsp3) is 0.714. The van der Waals surface area contributed by atoms with Crippen LogP contribution in [0.2, 0.25) is 0 Å². The molecule has 1 aliphatic heterocycles. The first-order chi connectivity index (χ1) is 8.81. The van der Waals surface area contributed by atoms with Crippen molar-refractivity contribution in [2.75, 3.05) is 26.2 Å². The predicted octanol–water partition coefficient (Wildman–Crippen LogP) is 1.35. The molecule has 0 aliphatic carbocycles. The molecule has 108 valence electrons. The lowest BCUT2D eigenvalue weighted by atomic mass is 9.99. The largest absolute Gasteiger partial charge is 0.480 e. The number of hydrogen-bond acceptors (Lipinski definition) is 3. The van der Waals surface area contributed by atoms with Crippen molar-refractivity contribution in [1.82, 2.24) is 9.80 Å². The number of nitrogens with zero attached hydrogens (tertiary/aromatic N) is 2. The fourth-order valence-corrected chi connectivity index (χ4v) is 2.48. The third-order valence-electron chi connectivity index (χ3n) is 3.77. The van der Waals surface area contributed by atoms with Gasteiger partial charge in [0, 0.05) is 13.1 Å². The lowest BCUT2D eigenvalue weighted by Gasteiger charge is -2.32. The molecule has 1 rings (SSSR count). The SMILES string of the molecule is C=C(C)CN(CC)C(=O)CN1CCCC1(C)C(=O)O. The zero-order valence-electron chi connectivity index (χ0n) is 12.1.